The highest BCUT2D eigenvalue weighted by atomic mass is 19.1. The normalized spacial score (nSPS) is 24.8. The number of benzene rings is 1. The van der Waals surface area contributed by atoms with Crippen molar-refractivity contribution in [3.63, 3.8) is 0 Å². The molecule has 1 aliphatic heterocycles. The average Bonchev–Trinajstić information content (AvgIpc) is 2.62. The van der Waals surface area contributed by atoms with Crippen LogP contribution in [0.5, 0.6) is 0 Å². The largest absolute Gasteiger partial charge is 0.396 e. The molecule has 1 aromatic rings. The summed E-state index contributed by atoms with van der Waals surface area (Å²) in [7, 11) is 0. The van der Waals surface area contributed by atoms with Crippen molar-refractivity contribution in [1.29, 1.82) is 0 Å². The van der Waals surface area contributed by atoms with E-state index in [1.54, 1.807) is 12.1 Å². The molecule has 1 saturated heterocycles. The van der Waals surface area contributed by atoms with Crippen LogP contribution >= 0.6 is 0 Å². The number of anilines is 1. The highest BCUT2D eigenvalue weighted by molar-refractivity contribution is 5.44. The number of nitrogen functional groups attached to an aromatic ring is 1. The van der Waals surface area contributed by atoms with Crippen LogP contribution in [0.3, 0.4) is 0 Å². The Hall–Kier alpha value is -1.13. The number of nitrogens with one attached hydrogen (secondary N) is 1. The molecule has 1 unspecified atom stereocenters. The van der Waals surface area contributed by atoms with E-state index in [9.17, 15) is 9.50 Å². The van der Waals surface area contributed by atoms with Gasteiger partial charge in [-0.25, -0.2) is 4.39 Å². The lowest BCUT2D eigenvalue weighted by molar-refractivity contribution is 0.128. The molecular formula is C13H19FN2O. The van der Waals surface area contributed by atoms with Crippen molar-refractivity contribution in [2.45, 2.75) is 44.4 Å². The molecule has 1 aromatic carbocycles. The molecule has 0 radical (unpaired) electrons. The van der Waals surface area contributed by atoms with E-state index >= 15 is 0 Å². The molecule has 0 bridgehead atoms. The Morgan fingerprint density at radius 2 is 2.24 bits per heavy atom. The monoisotopic (exact) mass is 238 g/mol. The summed E-state index contributed by atoms with van der Waals surface area (Å²) in [6.45, 7) is 4.16. The standard InChI is InChI=1S/C13H19FN2O/c1-13(2)7-6-10(16-13)12(17)8-4-3-5-9(15)11(8)14/h3-5,10,12,16-17H,6-7,15H2,1-2H3/t10?,12-/m1/s1. The Kier molecular flexibility index (Phi) is 3.10. The molecule has 0 aromatic heterocycles. The summed E-state index contributed by atoms with van der Waals surface area (Å²) in [5, 5.41) is 13.5. The smallest absolute Gasteiger partial charge is 0.151 e. The maximum absolute atomic E-state index is 13.8. The van der Waals surface area contributed by atoms with Crippen LogP contribution in [0.2, 0.25) is 0 Å². The first-order valence-corrected chi connectivity index (χ1v) is 5.90. The van der Waals surface area contributed by atoms with E-state index in [4.69, 9.17) is 5.73 Å². The van der Waals surface area contributed by atoms with Gasteiger partial charge < -0.3 is 16.2 Å². The molecule has 1 fully saturated rings. The Morgan fingerprint density at radius 1 is 1.53 bits per heavy atom. The predicted molar refractivity (Wildman–Crippen MR) is 66.0 cm³/mol. The number of hydrogen-bond acceptors (Lipinski definition) is 3. The van der Waals surface area contributed by atoms with E-state index in [-0.39, 0.29) is 22.8 Å². The third-order valence-corrected chi connectivity index (χ3v) is 3.41. The van der Waals surface area contributed by atoms with Crippen molar-refractivity contribution in [1.82, 2.24) is 5.32 Å². The summed E-state index contributed by atoms with van der Waals surface area (Å²) in [5.74, 6) is -0.508. The molecule has 4 heteroatoms. The molecule has 1 aliphatic rings. The first kappa shape index (κ1) is 12.3. The highest BCUT2D eigenvalue weighted by Gasteiger charge is 2.35. The second-order valence-corrected chi connectivity index (χ2v) is 5.37. The topological polar surface area (TPSA) is 58.3 Å². The zero-order chi connectivity index (χ0) is 12.6. The molecule has 2 rings (SSSR count). The molecule has 3 nitrogen and oxygen atoms in total. The van der Waals surface area contributed by atoms with Crippen molar-refractivity contribution in [2.75, 3.05) is 5.73 Å². The maximum Gasteiger partial charge on any atom is 0.151 e. The van der Waals surface area contributed by atoms with E-state index in [1.807, 2.05) is 0 Å². The van der Waals surface area contributed by atoms with Crippen LogP contribution in [0.15, 0.2) is 18.2 Å². The van der Waals surface area contributed by atoms with Gasteiger partial charge in [-0.05, 0) is 32.8 Å². The molecule has 94 valence electrons. The van der Waals surface area contributed by atoms with Crippen molar-refractivity contribution in [3.8, 4) is 0 Å². The minimum atomic E-state index is -0.847. The van der Waals surface area contributed by atoms with Crippen molar-refractivity contribution >= 4 is 5.69 Å². The summed E-state index contributed by atoms with van der Waals surface area (Å²) >= 11 is 0. The van der Waals surface area contributed by atoms with E-state index < -0.39 is 11.9 Å². The number of aliphatic hydroxyl groups excluding tert-OH is 1. The zero-order valence-electron chi connectivity index (χ0n) is 10.2. The zero-order valence-corrected chi connectivity index (χ0v) is 10.2. The van der Waals surface area contributed by atoms with Gasteiger partial charge in [-0.2, -0.15) is 0 Å². The van der Waals surface area contributed by atoms with Crippen LogP contribution in [0.25, 0.3) is 0 Å². The summed E-state index contributed by atoms with van der Waals surface area (Å²) in [4.78, 5) is 0. The minimum Gasteiger partial charge on any atom is -0.396 e. The van der Waals surface area contributed by atoms with Gasteiger partial charge in [0.2, 0.25) is 0 Å². The SMILES string of the molecule is CC1(C)CCC([C@H](O)c2cccc(N)c2F)N1. The lowest BCUT2D eigenvalue weighted by atomic mass is 9.99. The van der Waals surface area contributed by atoms with Crippen LogP contribution in [0.4, 0.5) is 10.1 Å². The Morgan fingerprint density at radius 3 is 2.82 bits per heavy atom. The van der Waals surface area contributed by atoms with Crippen LogP contribution in [-0.4, -0.2) is 16.7 Å². The summed E-state index contributed by atoms with van der Waals surface area (Å²) in [5.41, 5.74) is 5.87. The number of hydrogen-bond donors (Lipinski definition) is 3. The Bertz CT molecular complexity index is 420. The van der Waals surface area contributed by atoms with Gasteiger partial charge >= 0.3 is 0 Å². The fourth-order valence-electron chi connectivity index (χ4n) is 2.41. The minimum absolute atomic E-state index is 0.00243. The first-order chi connectivity index (χ1) is 7.91. The second kappa shape index (κ2) is 4.27. The molecular weight excluding hydrogens is 219 g/mol. The number of halogens is 1. The molecule has 0 aliphatic carbocycles. The lowest BCUT2D eigenvalue weighted by Gasteiger charge is -2.24. The van der Waals surface area contributed by atoms with E-state index in [0.29, 0.717) is 0 Å². The molecule has 0 spiro atoms. The number of nitrogens with two attached hydrogens (primary N) is 1. The van der Waals surface area contributed by atoms with Crippen LogP contribution in [-0.2, 0) is 0 Å². The first-order valence-electron chi connectivity index (χ1n) is 5.90. The third kappa shape index (κ3) is 2.42. The molecule has 0 saturated carbocycles. The Balaban J connectivity index is 2.20. The van der Waals surface area contributed by atoms with Gasteiger partial charge in [0.15, 0.2) is 5.82 Å². The van der Waals surface area contributed by atoms with E-state index in [0.717, 1.165) is 12.8 Å². The van der Waals surface area contributed by atoms with Gasteiger partial charge in [0.1, 0.15) is 0 Å². The van der Waals surface area contributed by atoms with Crippen molar-refractivity contribution < 1.29 is 9.50 Å². The van der Waals surface area contributed by atoms with Gasteiger partial charge in [0.25, 0.3) is 0 Å². The molecule has 17 heavy (non-hydrogen) atoms. The third-order valence-electron chi connectivity index (χ3n) is 3.41. The second-order valence-electron chi connectivity index (χ2n) is 5.37. The quantitative estimate of drug-likeness (QED) is 0.690. The van der Waals surface area contributed by atoms with Crippen LogP contribution in [0.1, 0.15) is 38.4 Å². The molecule has 4 N–H and O–H groups in total. The highest BCUT2D eigenvalue weighted by Crippen LogP contribution is 2.32. The predicted octanol–water partition coefficient (Wildman–Crippen LogP) is 1.97. The van der Waals surface area contributed by atoms with Gasteiger partial charge in [0, 0.05) is 17.1 Å². The van der Waals surface area contributed by atoms with E-state index in [1.165, 1.54) is 6.07 Å². The Labute approximate surface area is 101 Å². The van der Waals surface area contributed by atoms with Gasteiger partial charge in [-0.3, -0.25) is 0 Å². The van der Waals surface area contributed by atoms with Crippen LogP contribution in [0, 0.1) is 5.82 Å². The van der Waals surface area contributed by atoms with Crippen molar-refractivity contribution in [2.24, 2.45) is 0 Å². The summed E-state index contributed by atoms with van der Waals surface area (Å²) in [6.07, 6.45) is 0.960. The summed E-state index contributed by atoms with van der Waals surface area (Å²) in [6, 6.07) is 4.64. The van der Waals surface area contributed by atoms with E-state index in [2.05, 4.69) is 19.2 Å². The maximum atomic E-state index is 13.8. The fraction of sp³-hybridized carbons (Fsp3) is 0.538. The van der Waals surface area contributed by atoms with Gasteiger partial charge in [-0.1, -0.05) is 12.1 Å². The van der Waals surface area contributed by atoms with Crippen molar-refractivity contribution in [3.05, 3.63) is 29.6 Å². The van der Waals surface area contributed by atoms with Gasteiger partial charge in [-0.15, -0.1) is 0 Å². The molecule has 0 amide bonds. The number of aliphatic hydroxyl groups is 1. The van der Waals surface area contributed by atoms with Gasteiger partial charge in [0.05, 0.1) is 11.8 Å². The lowest BCUT2D eigenvalue weighted by Crippen LogP contribution is -2.40. The number of rotatable bonds is 2. The average molecular weight is 238 g/mol. The summed E-state index contributed by atoms with van der Waals surface area (Å²) < 4.78 is 13.8. The molecule has 1 heterocycles. The fourth-order valence-corrected chi connectivity index (χ4v) is 2.41. The molecule has 2 atom stereocenters. The van der Waals surface area contributed by atoms with Crippen LogP contribution < -0.4 is 11.1 Å².